The van der Waals surface area contributed by atoms with Crippen LogP contribution < -0.4 is 0 Å². The van der Waals surface area contributed by atoms with E-state index >= 15 is 0 Å². The van der Waals surface area contributed by atoms with Crippen molar-refractivity contribution < 1.29 is 80.2 Å². The Morgan fingerprint density at radius 2 is 0.549 bits per heavy atom. The van der Waals surface area contributed by atoms with E-state index in [1.54, 1.807) is 12.2 Å². The van der Waals surface area contributed by atoms with E-state index in [1.807, 2.05) is 12.2 Å². The zero-order chi connectivity index (χ0) is 74.6. The lowest BCUT2D eigenvalue weighted by Crippen LogP contribution is -2.30. The maximum Gasteiger partial charge on any atom is 0.472 e. The summed E-state index contributed by atoms with van der Waals surface area (Å²) in [6.45, 7) is 4.48. The molecule has 0 bridgehead atoms. The number of carbonyl (C=O) groups is 4. The Bertz CT molecular complexity index is 2460. The number of hydrogen-bond donors (Lipinski definition) is 3. The first-order valence-corrected chi connectivity index (χ1v) is 42.4. The van der Waals surface area contributed by atoms with Crippen molar-refractivity contribution in [3.63, 3.8) is 0 Å². The second kappa shape index (κ2) is 74.5. The van der Waals surface area contributed by atoms with Crippen LogP contribution in [0.4, 0.5) is 0 Å². The van der Waals surface area contributed by atoms with E-state index in [2.05, 4.69) is 137 Å². The van der Waals surface area contributed by atoms with Gasteiger partial charge in [-0.3, -0.25) is 37.3 Å². The molecule has 0 radical (unpaired) electrons. The average Bonchev–Trinajstić information content (AvgIpc) is 0.919. The third-order valence-corrected chi connectivity index (χ3v) is 18.0. The SMILES string of the molecule is CC/C=C\C/C=C\C/C=C\C/C=C\C/C=C\CC(=O)OC(COC(=O)CCCCCCCCC/C=C\C/C=C\C/C=C\CC)COP(=O)(O)OCC(O)COP(=O)(O)OCC(COC(=O)CCCCCCC/C=C\C/C=C\CCCCC)OC(=O)CCCCCCC/C=C\CCCCCCCC. The van der Waals surface area contributed by atoms with Crippen LogP contribution >= 0.6 is 15.6 Å². The standard InChI is InChI=1S/C83H140O17P2/c1-5-9-13-17-21-25-29-33-37-38-42-44-48-52-56-60-64-68-81(86)94-74-79(100-83(88)70-66-62-58-54-50-46-41-36-32-28-24-20-16-12-8-4)76-98-102(91,92)96-72-77(84)71-95-101(89,90)97-75-78(99-82(87)69-65-61-57-53-49-45-40-35-31-27-23-19-15-11-7-3)73-93-80(85)67-63-59-55-51-47-43-39-34-30-26-22-18-14-10-6-2/h9,12-13,16,21-22,24-26,28,33-37,39-41,50,54,62,66,77-79,84H,5-8,10-11,14-15,17-20,23,27,29-32,38,42-49,51-53,55-61,63-65,67-76H2,1-4H3,(H,89,90)(H,91,92)/b13-9-,16-12-,25-21-,26-22-,28-24-,37-33-,39-34-,40-35-,41-36-,54-50-,66-62-. The first kappa shape index (κ1) is 97.2. The number of phosphoric acid groups is 2. The van der Waals surface area contributed by atoms with Gasteiger partial charge < -0.3 is 33.8 Å². The molecule has 0 spiro atoms. The number of rotatable bonds is 73. The first-order chi connectivity index (χ1) is 49.7. The molecule has 17 nitrogen and oxygen atoms in total. The number of allylic oxidation sites excluding steroid dienone is 21. The summed E-state index contributed by atoms with van der Waals surface area (Å²) in [7, 11) is -10.00. The number of hydrogen-bond acceptors (Lipinski definition) is 15. The molecule has 19 heteroatoms. The topological polar surface area (TPSA) is 237 Å². The summed E-state index contributed by atoms with van der Waals surface area (Å²) in [6, 6.07) is 0. The molecule has 0 saturated carbocycles. The summed E-state index contributed by atoms with van der Waals surface area (Å²) < 4.78 is 68.4. The minimum absolute atomic E-state index is 0.0777. The maximum absolute atomic E-state index is 13.1. The Morgan fingerprint density at radius 1 is 0.294 bits per heavy atom. The fraction of sp³-hybridized carbons (Fsp3) is 0.687. The molecule has 0 heterocycles. The van der Waals surface area contributed by atoms with E-state index in [4.69, 9.17) is 37.0 Å². The van der Waals surface area contributed by atoms with Crippen molar-refractivity contribution in [2.24, 2.45) is 0 Å². The fourth-order valence-electron chi connectivity index (χ4n) is 10.2. The molecule has 5 unspecified atom stereocenters. The molecule has 584 valence electrons. The van der Waals surface area contributed by atoms with Gasteiger partial charge in [0, 0.05) is 19.3 Å². The van der Waals surface area contributed by atoms with Crippen molar-refractivity contribution in [1.29, 1.82) is 0 Å². The molecule has 0 aromatic carbocycles. The molecular weight excluding hydrogens is 1330 g/mol. The zero-order valence-corrected chi connectivity index (χ0v) is 65.5. The minimum atomic E-state index is -5.01. The summed E-state index contributed by atoms with van der Waals surface area (Å²) in [5.74, 6) is -2.36. The molecule has 0 saturated heterocycles. The smallest absolute Gasteiger partial charge is 0.462 e. The molecule has 0 aliphatic rings. The second-order valence-electron chi connectivity index (χ2n) is 25.9. The lowest BCUT2D eigenvalue weighted by molar-refractivity contribution is -0.161. The molecule has 102 heavy (non-hydrogen) atoms. The van der Waals surface area contributed by atoms with Crippen LogP contribution in [0.1, 0.15) is 310 Å². The first-order valence-electron chi connectivity index (χ1n) is 39.4. The molecule has 5 atom stereocenters. The van der Waals surface area contributed by atoms with E-state index in [0.29, 0.717) is 25.7 Å². The summed E-state index contributed by atoms with van der Waals surface area (Å²) in [4.78, 5) is 72.9. The Morgan fingerprint density at radius 3 is 0.902 bits per heavy atom. The molecule has 3 N–H and O–H groups in total. The van der Waals surface area contributed by atoms with Crippen molar-refractivity contribution in [1.82, 2.24) is 0 Å². The number of phosphoric ester groups is 2. The Labute approximate surface area is 618 Å². The van der Waals surface area contributed by atoms with Gasteiger partial charge in [-0.15, -0.1) is 0 Å². The number of ether oxygens (including phenoxy) is 4. The normalized spacial score (nSPS) is 14.6. The van der Waals surface area contributed by atoms with Gasteiger partial charge in [-0.25, -0.2) is 9.13 Å². The van der Waals surface area contributed by atoms with Gasteiger partial charge in [0.1, 0.15) is 19.3 Å². The van der Waals surface area contributed by atoms with Crippen LogP contribution in [0.15, 0.2) is 134 Å². The van der Waals surface area contributed by atoms with Crippen LogP contribution in [-0.4, -0.2) is 96.7 Å². The van der Waals surface area contributed by atoms with Gasteiger partial charge in [-0.2, -0.15) is 0 Å². The molecule has 0 aliphatic carbocycles. The summed E-state index contributed by atoms with van der Waals surface area (Å²) in [5.41, 5.74) is 0. The molecule has 0 amide bonds. The largest absolute Gasteiger partial charge is 0.472 e. The van der Waals surface area contributed by atoms with Crippen molar-refractivity contribution in [3.05, 3.63) is 134 Å². The maximum atomic E-state index is 13.1. The highest BCUT2D eigenvalue weighted by Crippen LogP contribution is 2.45. The van der Waals surface area contributed by atoms with Crippen molar-refractivity contribution >= 4 is 39.5 Å². The van der Waals surface area contributed by atoms with Gasteiger partial charge in [-0.05, 0) is 141 Å². The van der Waals surface area contributed by atoms with E-state index < -0.39 is 97.5 Å². The van der Waals surface area contributed by atoms with Gasteiger partial charge in [0.25, 0.3) is 0 Å². The predicted molar refractivity (Wildman–Crippen MR) is 418 cm³/mol. The number of carbonyl (C=O) groups excluding carboxylic acids is 4. The highest BCUT2D eigenvalue weighted by molar-refractivity contribution is 7.47. The van der Waals surface area contributed by atoms with Crippen molar-refractivity contribution in [2.45, 2.75) is 329 Å². The van der Waals surface area contributed by atoms with Crippen LogP contribution in [-0.2, 0) is 65.4 Å². The number of aliphatic hydroxyl groups excluding tert-OH is 1. The van der Waals surface area contributed by atoms with Crippen LogP contribution in [0.25, 0.3) is 0 Å². The van der Waals surface area contributed by atoms with Crippen LogP contribution in [0.3, 0.4) is 0 Å². The predicted octanol–water partition coefficient (Wildman–Crippen LogP) is 22.9. The van der Waals surface area contributed by atoms with Crippen LogP contribution in [0.2, 0.25) is 0 Å². The Kier molecular flexibility index (Phi) is 71.0. The number of aliphatic hydroxyl groups is 1. The lowest BCUT2D eigenvalue weighted by Gasteiger charge is -2.21. The number of unbranched alkanes of at least 4 members (excludes halogenated alkanes) is 26. The lowest BCUT2D eigenvalue weighted by atomic mass is 10.1. The van der Waals surface area contributed by atoms with Gasteiger partial charge >= 0.3 is 39.5 Å². The molecule has 0 rings (SSSR count). The van der Waals surface area contributed by atoms with Gasteiger partial charge in [-0.1, -0.05) is 277 Å². The third kappa shape index (κ3) is 73.5. The Hall–Kier alpha value is -4.80. The van der Waals surface area contributed by atoms with E-state index in [1.165, 1.54) is 57.8 Å². The summed E-state index contributed by atoms with van der Waals surface area (Å²) in [6.07, 6.45) is 83.2. The zero-order valence-electron chi connectivity index (χ0n) is 63.7. The minimum Gasteiger partial charge on any atom is -0.462 e. The second-order valence-corrected chi connectivity index (χ2v) is 28.8. The van der Waals surface area contributed by atoms with Gasteiger partial charge in [0.05, 0.1) is 32.8 Å². The quantitative estimate of drug-likeness (QED) is 0.0169. The third-order valence-electron chi connectivity index (χ3n) is 16.1. The summed E-state index contributed by atoms with van der Waals surface area (Å²) >= 11 is 0. The van der Waals surface area contributed by atoms with Crippen LogP contribution in [0.5, 0.6) is 0 Å². The van der Waals surface area contributed by atoms with Gasteiger partial charge in [0.2, 0.25) is 0 Å². The monoisotopic (exact) mass is 1470 g/mol. The van der Waals surface area contributed by atoms with E-state index in [0.717, 1.165) is 173 Å². The average molecular weight is 1470 g/mol. The highest BCUT2D eigenvalue weighted by atomic mass is 31.2. The molecule has 0 aromatic heterocycles. The van der Waals surface area contributed by atoms with Crippen molar-refractivity contribution in [3.8, 4) is 0 Å². The number of esters is 4. The molecular formula is C83H140O17P2. The molecule has 0 aromatic rings. The van der Waals surface area contributed by atoms with E-state index in [9.17, 15) is 43.2 Å². The Balaban J connectivity index is 5.45. The van der Waals surface area contributed by atoms with E-state index in [-0.39, 0.29) is 25.7 Å². The van der Waals surface area contributed by atoms with Crippen LogP contribution in [0, 0.1) is 0 Å². The summed E-state index contributed by atoms with van der Waals surface area (Å²) in [5, 5.41) is 10.6. The molecule has 0 fully saturated rings. The highest BCUT2D eigenvalue weighted by Gasteiger charge is 2.30. The fourth-order valence-corrected chi connectivity index (χ4v) is 11.7. The molecule has 0 aliphatic heterocycles. The van der Waals surface area contributed by atoms with Gasteiger partial charge in [0.15, 0.2) is 12.2 Å². The van der Waals surface area contributed by atoms with Crippen molar-refractivity contribution in [2.75, 3.05) is 39.6 Å².